The van der Waals surface area contributed by atoms with Crippen LogP contribution in [0.3, 0.4) is 0 Å². The van der Waals surface area contributed by atoms with E-state index in [1.54, 1.807) is 23.9 Å². The third kappa shape index (κ3) is 3.81. The SMILES string of the molecule is CSc1ccc(Nc2nc3cc(C(=O)O)ccc3n2Cc2cccc3ccccc23)cc1. The number of anilines is 2. The van der Waals surface area contributed by atoms with E-state index in [1.807, 2.05) is 36.6 Å². The number of carboxylic acid groups (broad SMARTS) is 1. The second kappa shape index (κ2) is 8.40. The maximum atomic E-state index is 11.5. The van der Waals surface area contributed by atoms with Gasteiger partial charge in [-0.2, -0.15) is 0 Å². The van der Waals surface area contributed by atoms with Gasteiger partial charge in [-0.05, 0) is 65.1 Å². The predicted octanol–water partition coefficient (Wildman–Crippen LogP) is 6.40. The number of nitrogens with zero attached hydrogens (tertiary/aromatic N) is 2. The number of aromatic nitrogens is 2. The van der Waals surface area contributed by atoms with Gasteiger partial charge in [-0.3, -0.25) is 0 Å². The fourth-order valence-electron chi connectivity index (χ4n) is 3.92. The van der Waals surface area contributed by atoms with Crippen LogP contribution in [0.25, 0.3) is 21.8 Å². The lowest BCUT2D eigenvalue weighted by molar-refractivity contribution is 0.0697. The molecule has 0 spiro atoms. The Morgan fingerprint density at radius 2 is 1.78 bits per heavy atom. The number of thioether (sulfide) groups is 1. The monoisotopic (exact) mass is 439 g/mol. The number of aromatic carboxylic acids is 1. The zero-order valence-electron chi connectivity index (χ0n) is 17.4. The first-order chi connectivity index (χ1) is 15.6. The molecule has 0 aliphatic rings. The van der Waals surface area contributed by atoms with Gasteiger partial charge in [0, 0.05) is 10.6 Å². The van der Waals surface area contributed by atoms with E-state index in [2.05, 4.69) is 52.3 Å². The summed E-state index contributed by atoms with van der Waals surface area (Å²) < 4.78 is 2.10. The van der Waals surface area contributed by atoms with Crippen molar-refractivity contribution < 1.29 is 9.90 Å². The van der Waals surface area contributed by atoms with Gasteiger partial charge in [0.2, 0.25) is 5.95 Å². The summed E-state index contributed by atoms with van der Waals surface area (Å²) >= 11 is 1.69. The van der Waals surface area contributed by atoms with E-state index in [0.717, 1.165) is 11.2 Å². The van der Waals surface area contributed by atoms with Gasteiger partial charge in [0.05, 0.1) is 23.1 Å². The lowest BCUT2D eigenvalue weighted by atomic mass is 10.0. The summed E-state index contributed by atoms with van der Waals surface area (Å²) in [6.45, 7) is 0.607. The third-order valence-corrected chi connectivity index (χ3v) is 6.29. The minimum atomic E-state index is -0.960. The molecule has 5 nitrogen and oxygen atoms in total. The molecule has 0 amide bonds. The Labute approximate surface area is 189 Å². The smallest absolute Gasteiger partial charge is 0.335 e. The molecular weight excluding hydrogens is 418 g/mol. The fourth-order valence-corrected chi connectivity index (χ4v) is 4.33. The van der Waals surface area contributed by atoms with Crippen molar-refractivity contribution in [1.29, 1.82) is 0 Å². The molecule has 0 bridgehead atoms. The summed E-state index contributed by atoms with van der Waals surface area (Å²) in [4.78, 5) is 17.4. The van der Waals surface area contributed by atoms with E-state index in [4.69, 9.17) is 4.98 Å². The average Bonchev–Trinajstić information content (AvgIpc) is 3.16. The highest BCUT2D eigenvalue weighted by atomic mass is 32.2. The largest absolute Gasteiger partial charge is 0.478 e. The number of imidazole rings is 1. The number of benzene rings is 4. The first kappa shape index (κ1) is 20.2. The Morgan fingerprint density at radius 1 is 1.00 bits per heavy atom. The maximum Gasteiger partial charge on any atom is 0.335 e. The Morgan fingerprint density at radius 3 is 2.56 bits per heavy atom. The Bertz CT molecular complexity index is 1440. The second-order valence-electron chi connectivity index (χ2n) is 7.52. The summed E-state index contributed by atoms with van der Waals surface area (Å²) in [7, 11) is 0. The average molecular weight is 440 g/mol. The Hall–Kier alpha value is -3.77. The molecule has 158 valence electrons. The molecular formula is C26H21N3O2S. The summed E-state index contributed by atoms with van der Waals surface area (Å²) in [5.41, 5.74) is 3.85. The molecule has 2 N–H and O–H groups in total. The third-order valence-electron chi connectivity index (χ3n) is 5.55. The molecule has 0 radical (unpaired) electrons. The second-order valence-corrected chi connectivity index (χ2v) is 8.40. The van der Waals surface area contributed by atoms with Crippen LogP contribution in [-0.4, -0.2) is 26.9 Å². The van der Waals surface area contributed by atoms with Crippen LogP contribution in [0.4, 0.5) is 11.6 Å². The summed E-state index contributed by atoms with van der Waals surface area (Å²) in [5.74, 6) is -0.287. The van der Waals surface area contributed by atoms with Gasteiger partial charge >= 0.3 is 5.97 Å². The van der Waals surface area contributed by atoms with Gasteiger partial charge in [-0.1, -0.05) is 42.5 Å². The molecule has 1 aromatic heterocycles. The molecule has 0 aliphatic heterocycles. The van der Waals surface area contributed by atoms with E-state index in [9.17, 15) is 9.90 Å². The minimum Gasteiger partial charge on any atom is -0.478 e. The van der Waals surface area contributed by atoms with Gasteiger partial charge in [0.15, 0.2) is 0 Å². The van der Waals surface area contributed by atoms with Crippen molar-refractivity contribution in [3.63, 3.8) is 0 Å². The fraction of sp³-hybridized carbons (Fsp3) is 0.0769. The maximum absolute atomic E-state index is 11.5. The van der Waals surface area contributed by atoms with E-state index in [-0.39, 0.29) is 5.56 Å². The molecule has 0 atom stereocenters. The van der Waals surface area contributed by atoms with Crippen LogP contribution in [-0.2, 0) is 6.54 Å². The number of carboxylic acids is 1. The van der Waals surface area contributed by atoms with Gasteiger partial charge in [-0.15, -0.1) is 11.8 Å². The minimum absolute atomic E-state index is 0.225. The van der Waals surface area contributed by atoms with Crippen molar-refractivity contribution in [1.82, 2.24) is 9.55 Å². The number of fused-ring (bicyclic) bond motifs is 2. The van der Waals surface area contributed by atoms with Gasteiger partial charge in [0.25, 0.3) is 0 Å². The zero-order chi connectivity index (χ0) is 22.1. The van der Waals surface area contributed by atoms with Crippen LogP contribution in [0.1, 0.15) is 15.9 Å². The molecule has 0 unspecified atom stereocenters. The van der Waals surface area contributed by atoms with Gasteiger partial charge in [0.1, 0.15) is 0 Å². The van der Waals surface area contributed by atoms with Crippen molar-refractivity contribution in [2.24, 2.45) is 0 Å². The topological polar surface area (TPSA) is 67.2 Å². The van der Waals surface area contributed by atoms with Crippen LogP contribution < -0.4 is 5.32 Å². The molecule has 0 aliphatic carbocycles. The van der Waals surface area contributed by atoms with Crippen LogP contribution in [0, 0.1) is 0 Å². The molecule has 0 fully saturated rings. The summed E-state index contributed by atoms with van der Waals surface area (Å²) in [5, 5.41) is 15.2. The van der Waals surface area contributed by atoms with Crippen molar-refractivity contribution in [3.8, 4) is 0 Å². The molecule has 1 heterocycles. The molecule has 6 heteroatoms. The Balaban J connectivity index is 1.62. The molecule has 32 heavy (non-hydrogen) atoms. The van der Waals surface area contributed by atoms with E-state index < -0.39 is 5.97 Å². The van der Waals surface area contributed by atoms with Gasteiger partial charge in [-0.25, -0.2) is 9.78 Å². The lowest BCUT2D eigenvalue weighted by Crippen LogP contribution is -2.06. The molecule has 5 rings (SSSR count). The van der Waals surface area contributed by atoms with Crippen molar-refractivity contribution in [2.45, 2.75) is 11.4 Å². The van der Waals surface area contributed by atoms with Crippen LogP contribution in [0.2, 0.25) is 0 Å². The molecule has 0 saturated carbocycles. The number of carbonyl (C=O) groups is 1. The molecule has 0 saturated heterocycles. The number of rotatable bonds is 6. The zero-order valence-corrected chi connectivity index (χ0v) is 18.3. The van der Waals surface area contributed by atoms with Crippen molar-refractivity contribution >= 4 is 51.2 Å². The highest BCUT2D eigenvalue weighted by molar-refractivity contribution is 7.98. The predicted molar refractivity (Wildman–Crippen MR) is 131 cm³/mol. The van der Waals surface area contributed by atoms with Crippen molar-refractivity contribution in [3.05, 3.63) is 96.1 Å². The van der Waals surface area contributed by atoms with Crippen LogP contribution >= 0.6 is 11.8 Å². The summed E-state index contributed by atoms with van der Waals surface area (Å²) in [6.07, 6.45) is 2.05. The number of hydrogen-bond donors (Lipinski definition) is 2. The standard InChI is InChI=1S/C26H21N3O2S/c1-32-21-12-10-20(11-13-21)27-26-28-23-15-18(25(30)31)9-14-24(23)29(26)16-19-7-4-6-17-5-2-3-8-22(17)19/h2-15H,16H2,1H3,(H,27,28)(H,30,31). The first-order valence-corrected chi connectivity index (χ1v) is 11.5. The van der Waals surface area contributed by atoms with Crippen LogP contribution in [0.5, 0.6) is 0 Å². The molecule has 5 aromatic rings. The quantitative estimate of drug-likeness (QED) is 0.300. The molecule has 4 aromatic carbocycles. The first-order valence-electron chi connectivity index (χ1n) is 10.2. The lowest BCUT2D eigenvalue weighted by Gasteiger charge is -2.13. The summed E-state index contributed by atoms with van der Waals surface area (Å²) in [6, 6.07) is 27.9. The highest BCUT2D eigenvalue weighted by Crippen LogP contribution is 2.28. The normalized spacial score (nSPS) is 11.2. The number of hydrogen-bond acceptors (Lipinski definition) is 4. The van der Waals surface area contributed by atoms with E-state index in [1.165, 1.54) is 21.2 Å². The van der Waals surface area contributed by atoms with Gasteiger partial charge < -0.3 is 15.0 Å². The Kier molecular flexibility index (Phi) is 5.29. The van der Waals surface area contributed by atoms with E-state index in [0.29, 0.717) is 18.0 Å². The van der Waals surface area contributed by atoms with E-state index >= 15 is 0 Å². The number of nitrogens with one attached hydrogen (secondary N) is 1. The van der Waals surface area contributed by atoms with Crippen molar-refractivity contribution in [2.75, 3.05) is 11.6 Å². The van der Waals surface area contributed by atoms with Crippen LogP contribution in [0.15, 0.2) is 89.8 Å². The highest BCUT2D eigenvalue weighted by Gasteiger charge is 2.15.